The quantitative estimate of drug-likeness (QED) is 0.705. The smallest absolute Gasteiger partial charge is 0.239 e. The molecule has 0 aliphatic rings. The summed E-state index contributed by atoms with van der Waals surface area (Å²) >= 11 is 0. The summed E-state index contributed by atoms with van der Waals surface area (Å²) in [5.41, 5.74) is 6.36. The zero-order valence-corrected chi connectivity index (χ0v) is 12.2. The van der Waals surface area contributed by atoms with Gasteiger partial charge in [0, 0.05) is 0 Å². The van der Waals surface area contributed by atoms with Gasteiger partial charge in [-0.3, -0.25) is 0 Å². The molecule has 0 saturated carbocycles. The molecule has 4 N–H and O–H groups in total. The molecule has 1 atom stereocenters. The summed E-state index contributed by atoms with van der Waals surface area (Å²) in [6, 6.07) is 3.52. The zero-order chi connectivity index (χ0) is 14.4. The van der Waals surface area contributed by atoms with E-state index in [2.05, 4.69) is 24.1 Å². The first kappa shape index (κ1) is 15.6. The third kappa shape index (κ3) is 4.95. The Bertz CT molecular complexity index is 394. The van der Waals surface area contributed by atoms with E-state index in [9.17, 15) is 5.11 Å². The van der Waals surface area contributed by atoms with Gasteiger partial charge < -0.3 is 20.9 Å². The molecule has 1 rings (SSSR count). The number of nitrogen functional groups attached to an aromatic ring is 1. The maximum absolute atomic E-state index is 9.31. The van der Waals surface area contributed by atoms with Crippen LogP contribution in [0.15, 0.2) is 12.1 Å². The molecule has 0 saturated heterocycles. The van der Waals surface area contributed by atoms with Crippen molar-refractivity contribution in [2.45, 2.75) is 33.7 Å². The summed E-state index contributed by atoms with van der Waals surface area (Å²) in [4.78, 5) is 4.34. The van der Waals surface area contributed by atoms with Crippen LogP contribution in [-0.2, 0) is 0 Å². The van der Waals surface area contributed by atoms with E-state index in [1.807, 2.05) is 13.8 Å². The molecule has 1 aromatic rings. The number of nitrogens with two attached hydrogens (primary N) is 1. The fourth-order valence-electron chi connectivity index (χ4n) is 1.51. The maximum atomic E-state index is 9.31. The second-order valence-electron chi connectivity index (χ2n) is 5.47. The molecule has 5 heteroatoms. The number of rotatable bonds is 7. The monoisotopic (exact) mass is 267 g/mol. The number of ether oxygens (including phenoxy) is 1. The van der Waals surface area contributed by atoms with Crippen LogP contribution < -0.4 is 15.8 Å². The average Bonchev–Trinajstić information content (AvgIpc) is 2.35. The summed E-state index contributed by atoms with van der Waals surface area (Å²) in [5.74, 6) is 1.84. The van der Waals surface area contributed by atoms with E-state index in [0.29, 0.717) is 35.8 Å². The van der Waals surface area contributed by atoms with Crippen LogP contribution in [0.1, 0.15) is 27.7 Å². The van der Waals surface area contributed by atoms with Gasteiger partial charge in [0.1, 0.15) is 5.82 Å². The van der Waals surface area contributed by atoms with Crippen LogP contribution in [0.3, 0.4) is 0 Å². The number of aliphatic hydroxyl groups is 1. The number of nitrogens with one attached hydrogen (secondary N) is 1. The molecule has 0 aliphatic heterocycles. The minimum atomic E-state index is -0.0333. The van der Waals surface area contributed by atoms with Gasteiger partial charge >= 0.3 is 0 Å². The summed E-state index contributed by atoms with van der Waals surface area (Å²) in [7, 11) is 0. The van der Waals surface area contributed by atoms with E-state index < -0.39 is 0 Å². The fraction of sp³-hybridized carbons (Fsp3) is 0.643. The van der Waals surface area contributed by atoms with Crippen molar-refractivity contribution in [3.05, 3.63) is 12.1 Å². The van der Waals surface area contributed by atoms with Gasteiger partial charge in [-0.2, -0.15) is 4.98 Å². The number of nitrogens with zero attached hydrogens (tertiary/aromatic N) is 1. The first-order valence-electron chi connectivity index (χ1n) is 6.70. The molecule has 0 unspecified atom stereocenters. The Labute approximate surface area is 115 Å². The number of hydrogen-bond acceptors (Lipinski definition) is 5. The largest absolute Gasteiger partial charge is 0.476 e. The molecule has 0 radical (unpaired) electrons. The van der Waals surface area contributed by atoms with Gasteiger partial charge in [0.05, 0.1) is 24.9 Å². The van der Waals surface area contributed by atoms with Crippen molar-refractivity contribution in [3.8, 4) is 5.88 Å². The van der Waals surface area contributed by atoms with Crippen LogP contribution in [0.25, 0.3) is 0 Å². The van der Waals surface area contributed by atoms with Crippen molar-refractivity contribution in [2.75, 3.05) is 24.3 Å². The van der Waals surface area contributed by atoms with Crippen molar-refractivity contribution in [1.82, 2.24) is 4.98 Å². The molecule has 1 heterocycles. The van der Waals surface area contributed by atoms with Gasteiger partial charge in [-0.1, -0.05) is 27.7 Å². The van der Waals surface area contributed by atoms with Gasteiger partial charge in [-0.15, -0.1) is 0 Å². The molecular weight excluding hydrogens is 242 g/mol. The van der Waals surface area contributed by atoms with E-state index in [-0.39, 0.29) is 12.6 Å². The molecule has 0 fully saturated rings. The predicted molar refractivity (Wildman–Crippen MR) is 78.3 cm³/mol. The molecule has 0 aromatic carbocycles. The molecular formula is C14H25N3O2. The normalized spacial score (nSPS) is 12.8. The standard InChI is InChI=1S/C14H25N3O2/c1-9(2)8-19-14-11(15)5-6-13(17-14)16-12(7-18)10(3)4/h5-6,9-10,12,18H,7-8,15H2,1-4H3,(H,16,17)/t12-/m1/s1. The van der Waals surface area contributed by atoms with Gasteiger partial charge in [0.2, 0.25) is 5.88 Å². The lowest BCUT2D eigenvalue weighted by molar-refractivity contribution is 0.248. The predicted octanol–water partition coefficient (Wildman–Crippen LogP) is 2.13. The zero-order valence-electron chi connectivity index (χ0n) is 12.2. The fourth-order valence-corrected chi connectivity index (χ4v) is 1.51. The Morgan fingerprint density at radius 3 is 2.53 bits per heavy atom. The second kappa shape index (κ2) is 7.19. The number of hydrogen-bond donors (Lipinski definition) is 3. The highest BCUT2D eigenvalue weighted by molar-refractivity contribution is 5.53. The van der Waals surface area contributed by atoms with Crippen LogP contribution in [0.2, 0.25) is 0 Å². The number of anilines is 2. The topological polar surface area (TPSA) is 80.4 Å². The summed E-state index contributed by atoms with van der Waals surface area (Å²) in [6.45, 7) is 8.86. The highest BCUT2D eigenvalue weighted by Crippen LogP contribution is 2.22. The Hall–Kier alpha value is -1.49. The van der Waals surface area contributed by atoms with Gasteiger partial charge in [0.25, 0.3) is 0 Å². The van der Waals surface area contributed by atoms with E-state index in [0.717, 1.165) is 0 Å². The summed E-state index contributed by atoms with van der Waals surface area (Å²) < 4.78 is 5.58. The van der Waals surface area contributed by atoms with E-state index in [1.165, 1.54) is 0 Å². The van der Waals surface area contributed by atoms with Crippen LogP contribution >= 0.6 is 0 Å². The lowest BCUT2D eigenvalue weighted by Crippen LogP contribution is -2.29. The van der Waals surface area contributed by atoms with Crippen LogP contribution in [0, 0.1) is 11.8 Å². The molecule has 0 bridgehead atoms. The van der Waals surface area contributed by atoms with Crippen LogP contribution in [-0.4, -0.2) is 29.3 Å². The summed E-state index contributed by atoms with van der Waals surface area (Å²) in [5, 5.41) is 12.5. The minimum Gasteiger partial charge on any atom is -0.476 e. The molecule has 0 amide bonds. The lowest BCUT2D eigenvalue weighted by atomic mass is 10.1. The first-order chi connectivity index (χ1) is 8.93. The number of aromatic nitrogens is 1. The molecule has 5 nitrogen and oxygen atoms in total. The second-order valence-corrected chi connectivity index (χ2v) is 5.47. The van der Waals surface area contributed by atoms with Crippen molar-refractivity contribution in [3.63, 3.8) is 0 Å². The molecule has 0 aliphatic carbocycles. The Morgan fingerprint density at radius 1 is 1.32 bits per heavy atom. The summed E-state index contributed by atoms with van der Waals surface area (Å²) in [6.07, 6.45) is 0. The van der Waals surface area contributed by atoms with Crippen LogP contribution in [0.5, 0.6) is 5.88 Å². The first-order valence-corrected chi connectivity index (χ1v) is 6.70. The lowest BCUT2D eigenvalue weighted by Gasteiger charge is -2.21. The average molecular weight is 267 g/mol. The third-order valence-electron chi connectivity index (χ3n) is 2.78. The van der Waals surface area contributed by atoms with Crippen molar-refractivity contribution in [1.29, 1.82) is 0 Å². The minimum absolute atomic E-state index is 0.0333. The Morgan fingerprint density at radius 2 is 2.00 bits per heavy atom. The number of pyridine rings is 1. The molecule has 0 spiro atoms. The molecule has 108 valence electrons. The molecule has 1 aromatic heterocycles. The Kier molecular flexibility index (Phi) is 5.89. The SMILES string of the molecule is CC(C)COc1nc(N[C@H](CO)C(C)C)ccc1N. The van der Waals surface area contributed by atoms with E-state index in [1.54, 1.807) is 12.1 Å². The van der Waals surface area contributed by atoms with Crippen LogP contribution in [0.4, 0.5) is 11.5 Å². The molecule has 19 heavy (non-hydrogen) atoms. The van der Waals surface area contributed by atoms with Crippen molar-refractivity contribution in [2.24, 2.45) is 11.8 Å². The maximum Gasteiger partial charge on any atom is 0.239 e. The van der Waals surface area contributed by atoms with Gasteiger partial charge in [-0.05, 0) is 24.0 Å². The highest BCUT2D eigenvalue weighted by Gasteiger charge is 2.13. The van der Waals surface area contributed by atoms with Crippen molar-refractivity contribution >= 4 is 11.5 Å². The van der Waals surface area contributed by atoms with Gasteiger partial charge in [0.15, 0.2) is 0 Å². The Balaban J connectivity index is 2.77. The third-order valence-corrected chi connectivity index (χ3v) is 2.78. The number of aliphatic hydroxyl groups excluding tert-OH is 1. The van der Waals surface area contributed by atoms with Gasteiger partial charge in [-0.25, -0.2) is 0 Å². The van der Waals surface area contributed by atoms with Crippen molar-refractivity contribution < 1.29 is 9.84 Å². The van der Waals surface area contributed by atoms with E-state index in [4.69, 9.17) is 10.5 Å². The van der Waals surface area contributed by atoms with E-state index >= 15 is 0 Å². The highest BCUT2D eigenvalue weighted by atomic mass is 16.5.